The lowest BCUT2D eigenvalue weighted by Crippen LogP contribution is -2.57. The summed E-state index contributed by atoms with van der Waals surface area (Å²) in [5.74, 6) is 2.12. The second-order valence-corrected chi connectivity index (χ2v) is 9.68. The highest BCUT2D eigenvalue weighted by atomic mass is 35.5. The van der Waals surface area contributed by atoms with Crippen molar-refractivity contribution >= 4 is 22.4 Å². The van der Waals surface area contributed by atoms with Gasteiger partial charge >= 0.3 is 0 Å². The Labute approximate surface area is 160 Å². The van der Waals surface area contributed by atoms with E-state index < -0.39 is 10.0 Å². The van der Waals surface area contributed by atoms with E-state index in [1.165, 1.54) is 17.4 Å². The Morgan fingerprint density at radius 3 is 2.69 bits per heavy atom. The fraction of sp³-hybridized carbons (Fsp3) is 0.667. The molecule has 5 rings (SSSR count). The number of hydrogen-bond donors (Lipinski definition) is 0. The zero-order chi connectivity index (χ0) is 17.2. The number of nitrogens with zero attached hydrogens (tertiary/aromatic N) is 2. The van der Waals surface area contributed by atoms with Gasteiger partial charge in [0.25, 0.3) is 0 Å². The third-order valence-electron chi connectivity index (χ3n) is 6.33. The van der Waals surface area contributed by atoms with Crippen LogP contribution in [0.5, 0.6) is 11.5 Å². The number of rotatable bonds is 1. The molecule has 2 fully saturated rings. The molecule has 0 aromatic heterocycles. The van der Waals surface area contributed by atoms with Crippen LogP contribution in [0.2, 0.25) is 0 Å². The van der Waals surface area contributed by atoms with Gasteiger partial charge in [-0.2, -0.15) is 4.31 Å². The summed E-state index contributed by atoms with van der Waals surface area (Å²) < 4.78 is 37.4. The molecule has 0 spiro atoms. The number of piperidine rings is 2. The minimum atomic E-state index is -3.15. The molecular weight excluding hydrogens is 376 g/mol. The summed E-state index contributed by atoms with van der Waals surface area (Å²) in [7, 11) is -3.15. The molecular formula is C18H25ClN2O4S. The van der Waals surface area contributed by atoms with Crippen LogP contribution in [-0.4, -0.2) is 56.3 Å². The molecule has 0 aliphatic carbocycles. The molecule has 3 atom stereocenters. The van der Waals surface area contributed by atoms with E-state index in [1.54, 1.807) is 4.31 Å². The Balaban J connectivity index is 0.00000168. The molecule has 4 aliphatic heterocycles. The van der Waals surface area contributed by atoms with E-state index in [9.17, 15) is 8.42 Å². The van der Waals surface area contributed by atoms with Crippen LogP contribution in [0.4, 0.5) is 0 Å². The number of fused-ring (bicyclic) bond motifs is 5. The van der Waals surface area contributed by atoms with Crippen molar-refractivity contribution in [1.29, 1.82) is 0 Å². The first-order chi connectivity index (χ1) is 12.0. The molecule has 0 amide bonds. The molecule has 4 heterocycles. The lowest BCUT2D eigenvalue weighted by Gasteiger charge is -2.51. The number of hydrogen-bond acceptors (Lipinski definition) is 5. The van der Waals surface area contributed by atoms with Gasteiger partial charge in [-0.1, -0.05) is 0 Å². The Hall–Kier alpha value is -1.02. The van der Waals surface area contributed by atoms with Crippen LogP contribution >= 0.6 is 12.4 Å². The molecule has 2 saturated heterocycles. The standard InChI is InChI=1S/C18H24N2O4S.ClH/c1-25(21,22)20-5-2-3-13-10-19-6-4-12-7-17-18(24-11-23-17)8-14(12)16(19)9-15(13)20;/h7-8,13,15-16H,2-6,9-11H2,1H3;1H/t13-,15+,16-;/m1./s1. The van der Waals surface area contributed by atoms with Gasteiger partial charge in [0.05, 0.1) is 6.26 Å². The first kappa shape index (κ1) is 18.3. The van der Waals surface area contributed by atoms with E-state index in [1.807, 2.05) is 0 Å². The second kappa shape index (κ2) is 6.55. The second-order valence-electron chi connectivity index (χ2n) is 7.74. The first-order valence-corrected chi connectivity index (χ1v) is 11.0. The summed E-state index contributed by atoms with van der Waals surface area (Å²) in [4.78, 5) is 2.55. The topological polar surface area (TPSA) is 59.1 Å². The number of ether oxygens (including phenoxy) is 2. The van der Waals surface area contributed by atoms with E-state index in [4.69, 9.17) is 9.47 Å². The molecule has 0 bridgehead atoms. The summed E-state index contributed by atoms with van der Waals surface area (Å²) >= 11 is 0. The highest BCUT2D eigenvalue weighted by Gasteiger charge is 2.45. The van der Waals surface area contributed by atoms with Crippen molar-refractivity contribution in [2.24, 2.45) is 5.92 Å². The van der Waals surface area contributed by atoms with E-state index >= 15 is 0 Å². The van der Waals surface area contributed by atoms with Crippen LogP contribution in [0.15, 0.2) is 12.1 Å². The molecule has 144 valence electrons. The summed E-state index contributed by atoms with van der Waals surface area (Å²) in [6.45, 7) is 2.99. The van der Waals surface area contributed by atoms with Crippen molar-refractivity contribution in [3.63, 3.8) is 0 Å². The number of sulfonamides is 1. The zero-order valence-electron chi connectivity index (χ0n) is 14.9. The Morgan fingerprint density at radius 1 is 1.15 bits per heavy atom. The molecule has 0 radical (unpaired) electrons. The Bertz CT molecular complexity index is 816. The van der Waals surface area contributed by atoms with Gasteiger partial charge in [-0.15, -0.1) is 12.4 Å². The van der Waals surface area contributed by atoms with Gasteiger partial charge in [0.15, 0.2) is 11.5 Å². The number of benzene rings is 1. The van der Waals surface area contributed by atoms with Gasteiger partial charge in [-0.25, -0.2) is 8.42 Å². The minimum absolute atomic E-state index is 0. The van der Waals surface area contributed by atoms with Crippen LogP contribution < -0.4 is 9.47 Å². The average molecular weight is 401 g/mol. The number of halogens is 1. The van der Waals surface area contributed by atoms with Crippen molar-refractivity contribution in [2.75, 3.05) is 32.7 Å². The van der Waals surface area contributed by atoms with E-state index in [2.05, 4.69) is 17.0 Å². The van der Waals surface area contributed by atoms with Crippen molar-refractivity contribution in [1.82, 2.24) is 9.21 Å². The summed E-state index contributed by atoms with van der Waals surface area (Å²) in [6.07, 6.45) is 5.37. The highest BCUT2D eigenvalue weighted by Crippen LogP contribution is 2.46. The maximum atomic E-state index is 12.3. The third kappa shape index (κ3) is 2.89. The van der Waals surface area contributed by atoms with Gasteiger partial charge in [0.2, 0.25) is 16.8 Å². The predicted octanol–water partition coefficient (Wildman–Crippen LogP) is 2.18. The molecule has 1 aromatic carbocycles. The van der Waals surface area contributed by atoms with Crippen LogP contribution in [0.25, 0.3) is 0 Å². The molecule has 0 saturated carbocycles. The fourth-order valence-corrected chi connectivity index (χ4v) is 6.42. The van der Waals surface area contributed by atoms with Gasteiger partial charge in [-0.05, 0) is 54.9 Å². The molecule has 8 heteroatoms. The summed E-state index contributed by atoms with van der Waals surface area (Å²) in [6, 6.07) is 4.65. The van der Waals surface area contributed by atoms with Crippen LogP contribution in [0.1, 0.15) is 36.4 Å². The molecule has 1 aromatic rings. The lowest BCUT2D eigenvalue weighted by atomic mass is 9.77. The summed E-state index contributed by atoms with van der Waals surface area (Å²) in [5.41, 5.74) is 2.62. The molecule has 6 nitrogen and oxygen atoms in total. The monoisotopic (exact) mass is 400 g/mol. The van der Waals surface area contributed by atoms with Crippen molar-refractivity contribution in [3.05, 3.63) is 23.3 Å². The molecule has 4 aliphatic rings. The predicted molar refractivity (Wildman–Crippen MR) is 101 cm³/mol. The van der Waals surface area contributed by atoms with Crippen LogP contribution in [0.3, 0.4) is 0 Å². The fourth-order valence-electron chi connectivity index (χ4n) is 5.21. The van der Waals surface area contributed by atoms with Gasteiger partial charge < -0.3 is 9.47 Å². The van der Waals surface area contributed by atoms with Crippen molar-refractivity contribution in [3.8, 4) is 11.5 Å². The Morgan fingerprint density at radius 2 is 1.92 bits per heavy atom. The van der Waals surface area contributed by atoms with E-state index in [0.717, 1.165) is 50.3 Å². The van der Waals surface area contributed by atoms with E-state index in [0.29, 0.717) is 19.3 Å². The zero-order valence-corrected chi connectivity index (χ0v) is 16.5. The van der Waals surface area contributed by atoms with Crippen LogP contribution in [-0.2, 0) is 16.4 Å². The van der Waals surface area contributed by atoms with Crippen molar-refractivity contribution in [2.45, 2.75) is 37.8 Å². The maximum Gasteiger partial charge on any atom is 0.231 e. The van der Waals surface area contributed by atoms with E-state index in [-0.39, 0.29) is 24.5 Å². The molecule has 0 N–H and O–H groups in total. The van der Waals surface area contributed by atoms with Crippen molar-refractivity contribution < 1.29 is 17.9 Å². The normalized spacial score (nSPS) is 30.7. The summed E-state index contributed by atoms with van der Waals surface area (Å²) in [5, 5.41) is 0. The smallest absolute Gasteiger partial charge is 0.231 e. The maximum absolute atomic E-state index is 12.3. The first-order valence-electron chi connectivity index (χ1n) is 9.14. The molecule has 26 heavy (non-hydrogen) atoms. The van der Waals surface area contributed by atoms with Gasteiger partial charge in [0.1, 0.15) is 0 Å². The Kier molecular flexibility index (Phi) is 4.62. The quantitative estimate of drug-likeness (QED) is 0.723. The van der Waals surface area contributed by atoms with Gasteiger partial charge in [-0.3, -0.25) is 4.90 Å². The SMILES string of the molecule is CS(=O)(=O)N1CCC[C@@H]2CN3CCc4cc5c(cc4[C@H]3C[C@@H]21)OCO5.Cl. The average Bonchev–Trinajstić information content (AvgIpc) is 3.04. The lowest BCUT2D eigenvalue weighted by molar-refractivity contribution is 0.0222. The minimum Gasteiger partial charge on any atom is -0.454 e. The third-order valence-corrected chi connectivity index (χ3v) is 7.64. The van der Waals surface area contributed by atoms with Gasteiger partial charge in [0, 0.05) is 31.7 Å². The highest BCUT2D eigenvalue weighted by molar-refractivity contribution is 7.88. The van der Waals surface area contributed by atoms with Crippen LogP contribution in [0, 0.1) is 5.92 Å². The largest absolute Gasteiger partial charge is 0.454 e. The molecule has 0 unspecified atom stereocenters.